The van der Waals surface area contributed by atoms with Gasteiger partial charge in [0, 0.05) is 0 Å². The number of benzene rings is 2. The summed E-state index contributed by atoms with van der Waals surface area (Å²) in [4.78, 5) is 11.0. The van der Waals surface area contributed by atoms with Crippen molar-refractivity contribution >= 4 is 18.4 Å². The van der Waals surface area contributed by atoms with E-state index in [1.165, 1.54) is 77.0 Å². The molecule has 0 heterocycles. The Balaban J connectivity index is 0.00000512. The predicted molar refractivity (Wildman–Crippen MR) is 137 cm³/mol. The molecule has 0 aliphatic heterocycles. The van der Waals surface area contributed by atoms with Crippen LogP contribution in [0.4, 0.5) is 0 Å². The Bertz CT molecular complexity index is 725. The van der Waals surface area contributed by atoms with Gasteiger partial charge in [-0.25, -0.2) is 4.79 Å². The standard InChI is InChI=1S/C28H40O3.ClH/c1-2-3-4-5-6-7-8-9-10-11-12-13-14-23-31-27-21-19-25(20-22-27)24-15-17-26(18-16-24)28(29)30;/h15-22H,2-14,23H2,1H3,(H,29,30);1H. The molecule has 0 aliphatic rings. The Morgan fingerprint density at radius 3 is 1.50 bits per heavy atom. The monoisotopic (exact) mass is 460 g/mol. The van der Waals surface area contributed by atoms with Crippen LogP contribution in [0.15, 0.2) is 48.5 Å². The Morgan fingerprint density at radius 2 is 1.06 bits per heavy atom. The molecule has 0 saturated carbocycles. The van der Waals surface area contributed by atoms with Crippen LogP contribution >= 0.6 is 12.4 Å². The number of ether oxygens (including phenoxy) is 1. The summed E-state index contributed by atoms with van der Waals surface area (Å²) in [6, 6.07) is 15.0. The summed E-state index contributed by atoms with van der Waals surface area (Å²) >= 11 is 0. The fraction of sp³-hybridized carbons (Fsp3) is 0.536. The maximum atomic E-state index is 11.0. The highest BCUT2D eigenvalue weighted by atomic mass is 35.5. The third-order valence-corrected chi connectivity index (χ3v) is 5.84. The van der Waals surface area contributed by atoms with Gasteiger partial charge in [0.2, 0.25) is 0 Å². The third-order valence-electron chi connectivity index (χ3n) is 5.84. The van der Waals surface area contributed by atoms with E-state index in [1.807, 2.05) is 36.4 Å². The molecule has 3 nitrogen and oxygen atoms in total. The first kappa shape index (κ1) is 28.0. The molecule has 0 atom stereocenters. The zero-order valence-electron chi connectivity index (χ0n) is 19.7. The summed E-state index contributed by atoms with van der Waals surface area (Å²) in [6.07, 6.45) is 17.6. The lowest BCUT2D eigenvalue weighted by molar-refractivity contribution is 0.0697. The summed E-state index contributed by atoms with van der Waals surface area (Å²) in [6.45, 7) is 3.04. The van der Waals surface area contributed by atoms with Crippen molar-refractivity contribution in [3.8, 4) is 16.9 Å². The van der Waals surface area contributed by atoms with E-state index in [0.717, 1.165) is 29.9 Å². The first-order valence-corrected chi connectivity index (χ1v) is 12.3. The van der Waals surface area contributed by atoms with Gasteiger partial charge in [-0.2, -0.15) is 0 Å². The van der Waals surface area contributed by atoms with Gasteiger partial charge in [0.1, 0.15) is 5.75 Å². The minimum atomic E-state index is -0.900. The van der Waals surface area contributed by atoms with Gasteiger partial charge in [-0.3, -0.25) is 0 Å². The third kappa shape index (κ3) is 11.6. The van der Waals surface area contributed by atoms with E-state index in [1.54, 1.807) is 12.1 Å². The normalized spacial score (nSPS) is 10.5. The molecule has 2 rings (SSSR count). The second kappa shape index (κ2) is 17.5. The maximum absolute atomic E-state index is 11.0. The van der Waals surface area contributed by atoms with Gasteiger partial charge in [-0.05, 0) is 41.8 Å². The number of unbranched alkanes of at least 4 members (excludes halogenated alkanes) is 12. The van der Waals surface area contributed by atoms with Gasteiger partial charge >= 0.3 is 5.97 Å². The van der Waals surface area contributed by atoms with E-state index in [2.05, 4.69) is 6.92 Å². The number of carboxylic acid groups (broad SMARTS) is 1. The molecule has 2 aromatic carbocycles. The lowest BCUT2D eigenvalue weighted by Gasteiger charge is -2.08. The number of hydrogen-bond donors (Lipinski definition) is 1. The first-order chi connectivity index (χ1) is 15.2. The molecule has 0 aliphatic carbocycles. The SMILES string of the molecule is CCCCCCCCCCCCCCCOc1ccc(-c2ccc(C(=O)O)cc2)cc1.Cl. The quantitative estimate of drug-likeness (QED) is 0.239. The molecule has 2 aromatic rings. The van der Waals surface area contributed by atoms with E-state index >= 15 is 0 Å². The van der Waals surface area contributed by atoms with E-state index in [-0.39, 0.29) is 12.4 Å². The van der Waals surface area contributed by atoms with Crippen molar-refractivity contribution in [2.75, 3.05) is 6.61 Å². The molecular formula is C28H41ClO3. The lowest BCUT2D eigenvalue weighted by Crippen LogP contribution is -1.97. The van der Waals surface area contributed by atoms with Crippen LogP contribution in [0.2, 0.25) is 0 Å². The number of halogens is 1. The number of rotatable bonds is 17. The average Bonchev–Trinajstić information content (AvgIpc) is 2.80. The molecule has 4 heteroatoms. The maximum Gasteiger partial charge on any atom is 0.335 e. The van der Waals surface area contributed by atoms with Crippen LogP contribution in [-0.4, -0.2) is 17.7 Å². The molecule has 0 unspecified atom stereocenters. The average molecular weight is 461 g/mol. The van der Waals surface area contributed by atoms with Crippen molar-refractivity contribution in [3.63, 3.8) is 0 Å². The highest BCUT2D eigenvalue weighted by molar-refractivity contribution is 5.88. The van der Waals surface area contributed by atoms with Crippen molar-refractivity contribution in [2.24, 2.45) is 0 Å². The largest absolute Gasteiger partial charge is 0.494 e. The van der Waals surface area contributed by atoms with Crippen molar-refractivity contribution < 1.29 is 14.6 Å². The van der Waals surface area contributed by atoms with Crippen molar-refractivity contribution in [3.05, 3.63) is 54.1 Å². The summed E-state index contributed by atoms with van der Waals surface area (Å²) in [5.74, 6) is -0.00620. The van der Waals surface area contributed by atoms with E-state index in [0.29, 0.717) is 5.56 Å². The van der Waals surface area contributed by atoms with Gasteiger partial charge < -0.3 is 9.84 Å². The molecule has 32 heavy (non-hydrogen) atoms. The number of carboxylic acids is 1. The minimum Gasteiger partial charge on any atom is -0.494 e. The van der Waals surface area contributed by atoms with Gasteiger partial charge in [0.05, 0.1) is 12.2 Å². The molecule has 1 N–H and O–H groups in total. The highest BCUT2D eigenvalue weighted by Gasteiger charge is 2.03. The Kier molecular flexibility index (Phi) is 15.4. The zero-order chi connectivity index (χ0) is 22.2. The van der Waals surface area contributed by atoms with E-state index < -0.39 is 5.97 Å². The molecule has 0 aromatic heterocycles. The van der Waals surface area contributed by atoms with Crippen molar-refractivity contribution in [1.29, 1.82) is 0 Å². The fourth-order valence-corrected chi connectivity index (χ4v) is 3.86. The first-order valence-electron chi connectivity index (χ1n) is 12.3. The van der Waals surface area contributed by atoms with Crippen LogP contribution in [0.5, 0.6) is 5.75 Å². The van der Waals surface area contributed by atoms with E-state index in [9.17, 15) is 4.79 Å². The molecule has 0 amide bonds. The fourth-order valence-electron chi connectivity index (χ4n) is 3.86. The molecule has 0 fully saturated rings. The van der Waals surface area contributed by atoms with Crippen LogP contribution in [0.25, 0.3) is 11.1 Å². The number of aromatic carboxylic acids is 1. The van der Waals surface area contributed by atoms with Crippen molar-refractivity contribution in [1.82, 2.24) is 0 Å². The minimum absolute atomic E-state index is 0. The second-order valence-electron chi connectivity index (χ2n) is 8.50. The Morgan fingerprint density at radius 1 is 0.656 bits per heavy atom. The Labute approximate surface area is 201 Å². The van der Waals surface area contributed by atoms with Crippen LogP contribution in [0.3, 0.4) is 0 Å². The molecule has 178 valence electrons. The van der Waals surface area contributed by atoms with Crippen LogP contribution in [0.1, 0.15) is 101 Å². The molecule has 0 spiro atoms. The van der Waals surface area contributed by atoms with Crippen LogP contribution in [-0.2, 0) is 0 Å². The molecule has 0 radical (unpaired) electrons. The van der Waals surface area contributed by atoms with Gasteiger partial charge in [0.15, 0.2) is 0 Å². The van der Waals surface area contributed by atoms with Gasteiger partial charge in [-0.15, -0.1) is 12.4 Å². The molecule has 0 saturated heterocycles. The summed E-state index contributed by atoms with van der Waals surface area (Å²) in [7, 11) is 0. The summed E-state index contributed by atoms with van der Waals surface area (Å²) in [5, 5.41) is 8.99. The molecular weight excluding hydrogens is 420 g/mol. The predicted octanol–water partition coefficient (Wildman–Crippen LogP) is 8.94. The van der Waals surface area contributed by atoms with Gasteiger partial charge in [0.25, 0.3) is 0 Å². The van der Waals surface area contributed by atoms with E-state index in [4.69, 9.17) is 9.84 Å². The molecule has 0 bridgehead atoms. The smallest absolute Gasteiger partial charge is 0.335 e. The number of hydrogen-bond acceptors (Lipinski definition) is 2. The summed E-state index contributed by atoms with van der Waals surface area (Å²) in [5.41, 5.74) is 2.37. The second-order valence-corrected chi connectivity index (χ2v) is 8.50. The zero-order valence-corrected chi connectivity index (χ0v) is 20.5. The number of carbonyl (C=O) groups is 1. The van der Waals surface area contributed by atoms with Crippen LogP contribution < -0.4 is 4.74 Å². The van der Waals surface area contributed by atoms with Crippen molar-refractivity contribution in [2.45, 2.75) is 90.4 Å². The lowest BCUT2D eigenvalue weighted by atomic mass is 10.0. The van der Waals surface area contributed by atoms with Gasteiger partial charge in [-0.1, -0.05) is 108 Å². The Hall–Kier alpha value is -2.00. The summed E-state index contributed by atoms with van der Waals surface area (Å²) < 4.78 is 5.87. The van der Waals surface area contributed by atoms with Crippen LogP contribution in [0, 0.1) is 0 Å². The topological polar surface area (TPSA) is 46.5 Å². The highest BCUT2D eigenvalue weighted by Crippen LogP contribution is 2.23.